The smallest absolute Gasteiger partial charge is 0.311 e. The average molecular weight is 335 g/mol. The maximum absolute atomic E-state index is 11.4. The summed E-state index contributed by atoms with van der Waals surface area (Å²) in [7, 11) is -3.15. The fraction of sp³-hybridized carbons (Fsp3) is 0.417. The van der Waals surface area contributed by atoms with Crippen molar-refractivity contribution in [1.82, 2.24) is 0 Å². The van der Waals surface area contributed by atoms with Gasteiger partial charge in [0, 0.05) is 10.2 Å². The van der Waals surface area contributed by atoms with E-state index in [1.807, 2.05) is 0 Å². The fourth-order valence-corrected chi connectivity index (χ4v) is 3.06. The molecular formula is C12H15BrO4S. The Bertz CT molecular complexity index is 525. The quantitative estimate of drug-likeness (QED) is 0.867. The number of benzene rings is 1. The summed E-state index contributed by atoms with van der Waals surface area (Å²) < 4.78 is 23.6. The highest BCUT2D eigenvalue weighted by atomic mass is 79.9. The monoisotopic (exact) mass is 334 g/mol. The molecule has 0 aliphatic heterocycles. The van der Waals surface area contributed by atoms with Gasteiger partial charge in [-0.15, -0.1) is 0 Å². The minimum absolute atomic E-state index is 0.0370. The van der Waals surface area contributed by atoms with Crippen LogP contribution in [-0.2, 0) is 14.6 Å². The summed E-state index contributed by atoms with van der Waals surface area (Å²) in [5.74, 6) is -1.88. The fourth-order valence-electron chi connectivity index (χ4n) is 1.61. The second kappa shape index (κ2) is 6.33. The van der Waals surface area contributed by atoms with E-state index >= 15 is 0 Å². The molecule has 0 bridgehead atoms. The lowest BCUT2D eigenvalue weighted by Crippen LogP contribution is -2.18. The third-order valence-electron chi connectivity index (χ3n) is 2.74. The van der Waals surface area contributed by atoms with Crippen molar-refractivity contribution in [2.45, 2.75) is 19.3 Å². The lowest BCUT2D eigenvalue weighted by Gasteiger charge is -2.14. The van der Waals surface area contributed by atoms with Gasteiger partial charge in [-0.1, -0.05) is 41.1 Å². The number of hydrogen-bond acceptors (Lipinski definition) is 3. The summed E-state index contributed by atoms with van der Waals surface area (Å²) in [5.41, 5.74) is 0.608. The van der Waals surface area contributed by atoms with Crippen molar-refractivity contribution in [3.63, 3.8) is 0 Å². The molecule has 6 heteroatoms. The Labute approximate surface area is 115 Å². The van der Waals surface area contributed by atoms with Crippen LogP contribution in [0, 0.1) is 0 Å². The predicted octanol–water partition coefficient (Wildman–Crippen LogP) is 2.44. The number of carbonyl (C=O) groups is 1. The number of carboxylic acids is 1. The van der Waals surface area contributed by atoms with E-state index in [-0.39, 0.29) is 17.9 Å². The van der Waals surface area contributed by atoms with Crippen LogP contribution >= 0.6 is 15.9 Å². The van der Waals surface area contributed by atoms with Crippen LogP contribution in [-0.4, -0.2) is 31.0 Å². The highest BCUT2D eigenvalue weighted by Gasteiger charge is 2.23. The van der Waals surface area contributed by atoms with E-state index in [1.54, 1.807) is 31.2 Å². The van der Waals surface area contributed by atoms with Crippen LogP contribution in [0.2, 0.25) is 0 Å². The maximum atomic E-state index is 11.4. The molecule has 1 aromatic carbocycles. The van der Waals surface area contributed by atoms with E-state index in [1.165, 1.54) is 0 Å². The van der Waals surface area contributed by atoms with Gasteiger partial charge in [0.15, 0.2) is 0 Å². The molecule has 0 fully saturated rings. The largest absolute Gasteiger partial charge is 0.481 e. The van der Waals surface area contributed by atoms with Gasteiger partial charge in [-0.25, -0.2) is 8.42 Å². The van der Waals surface area contributed by atoms with Crippen LogP contribution in [0.15, 0.2) is 28.7 Å². The molecule has 0 aromatic heterocycles. The van der Waals surface area contributed by atoms with E-state index in [0.717, 1.165) is 0 Å². The summed E-state index contributed by atoms with van der Waals surface area (Å²) in [5, 5.41) is 9.21. The number of carboxylic acid groups (broad SMARTS) is 1. The molecule has 0 radical (unpaired) electrons. The molecule has 0 saturated heterocycles. The van der Waals surface area contributed by atoms with Gasteiger partial charge in [-0.2, -0.15) is 0 Å². The minimum Gasteiger partial charge on any atom is -0.481 e. The first-order valence-electron chi connectivity index (χ1n) is 5.55. The molecule has 0 spiro atoms. The van der Waals surface area contributed by atoms with E-state index in [9.17, 15) is 18.3 Å². The van der Waals surface area contributed by atoms with Gasteiger partial charge in [-0.05, 0) is 18.1 Å². The van der Waals surface area contributed by atoms with Crippen molar-refractivity contribution in [1.29, 1.82) is 0 Å². The number of hydrogen-bond donors (Lipinski definition) is 1. The molecule has 0 aliphatic carbocycles. The minimum atomic E-state index is -3.15. The van der Waals surface area contributed by atoms with Gasteiger partial charge >= 0.3 is 5.97 Å². The molecule has 100 valence electrons. The molecule has 0 heterocycles. The maximum Gasteiger partial charge on any atom is 0.311 e. The van der Waals surface area contributed by atoms with Crippen molar-refractivity contribution in [2.24, 2.45) is 0 Å². The number of aliphatic carboxylic acids is 1. The number of rotatable bonds is 6. The molecule has 4 nitrogen and oxygen atoms in total. The lowest BCUT2D eigenvalue weighted by atomic mass is 9.97. The zero-order valence-electron chi connectivity index (χ0n) is 9.97. The van der Waals surface area contributed by atoms with Gasteiger partial charge in [0.1, 0.15) is 9.84 Å². The molecule has 0 saturated carbocycles. The Balaban J connectivity index is 2.92. The SMILES string of the molecule is CCS(=O)(=O)CCC(C(=O)O)c1ccccc1Br. The second-order valence-electron chi connectivity index (χ2n) is 3.94. The molecule has 1 rings (SSSR count). The van der Waals surface area contributed by atoms with E-state index < -0.39 is 21.7 Å². The van der Waals surface area contributed by atoms with Gasteiger partial charge < -0.3 is 5.11 Å². The molecule has 0 amide bonds. The standard InChI is InChI=1S/C12H15BrO4S/c1-2-18(16,17)8-7-10(12(14)15)9-5-3-4-6-11(9)13/h3-6,10H,2,7-8H2,1H3,(H,14,15). The number of sulfone groups is 1. The van der Waals surface area contributed by atoms with E-state index in [0.29, 0.717) is 10.0 Å². The molecule has 1 N–H and O–H groups in total. The van der Waals surface area contributed by atoms with Crippen molar-refractivity contribution in [3.8, 4) is 0 Å². The zero-order chi connectivity index (χ0) is 13.8. The Morgan fingerprint density at radius 2 is 2.00 bits per heavy atom. The Morgan fingerprint density at radius 1 is 1.39 bits per heavy atom. The van der Waals surface area contributed by atoms with Crippen LogP contribution in [0.1, 0.15) is 24.8 Å². The topological polar surface area (TPSA) is 71.4 Å². The third kappa shape index (κ3) is 4.10. The van der Waals surface area contributed by atoms with Gasteiger partial charge in [0.25, 0.3) is 0 Å². The van der Waals surface area contributed by atoms with Crippen molar-refractivity contribution in [3.05, 3.63) is 34.3 Å². The number of halogens is 1. The van der Waals surface area contributed by atoms with Gasteiger partial charge in [0.05, 0.1) is 11.7 Å². The van der Waals surface area contributed by atoms with Crippen LogP contribution in [0.5, 0.6) is 0 Å². The Kier molecular flexibility index (Phi) is 5.34. The first-order valence-corrected chi connectivity index (χ1v) is 8.16. The third-order valence-corrected chi connectivity index (χ3v) is 5.20. The van der Waals surface area contributed by atoms with E-state index in [4.69, 9.17) is 0 Å². The zero-order valence-corrected chi connectivity index (χ0v) is 12.4. The second-order valence-corrected chi connectivity index (χ2v) is 7.26. The molecule has 0 aliphatic rings. The molecular weight excluding hydrogens is 320 g/mol. The van der Waals surface area contributed by atoms with Gasteiger partial charge in [0.2, 0.25) is 0 Å². The lowest BCUT2D eigenvalue weighted by molar-refractivity contribution is -0.138. The summed E-state index contributed by atoms with van der Waals surface area (Å²) in [4.78, 5) is 11.2. The summed E-state index contributed by atoms with van der Waals surface area (Å²) in [6.07, 6.45) is 0.0914. The highest BCUT2D eigenvalue weighted by Crippen LogP contribution is 2.28. The summed E-state index contributed by atoms with van der Waals surface area (Å²) >= 11 is 3.29. The summed E-state index contributed by atoms with van der Waals surface area (Å²) in [6.45, 7) is 1.56. The Morgan fingerprint density at radius 3 is 2.50 bits per heavy atom. The van der Waals surface area contributed by atoms with Crippen LogP contribution < -0.4 is 0 Å². The molecule has 18 heavy (non-hydrogen) atoms. The molecule has 1 aromatic rings. The summed E-state index contributed by atoms with van der Waals surface area (Å²) in [6, 6.07) is 6.97. The van der Waals surface area contributed by atoms with Crippen LogP contribution in [0.3, 0.4) is 0 Å². The predicted molar refractivity (Wildman–Crippen MR) is 73.5 cm³/mol. The highest BCUT2D eigenvalue weighted by molar-refractivity contribution is 9.10. The van der Waals surface area contributed by atoms with Crippen LogP contribution in [0.25, 0.3) is 0 Å². The first-order chi connectivity index (χ1) is 8.37. The molecule has 1 atom stereocenters. The van der Waals surface area contributed by atoms with Crippen LogP contribution in [0.4, 0.5) is 0 Å². The normalized spacial score (nSPS) is 13.2. The first kappa shape index (κ1) is 15.2. The average Bonchev–Trinajstić information content (AvgIpc) is 2.31. The Hall–Kier alpha value is -0.880. The van der Waals surface area contributed by atoms with Gasteiger partial charge in [-0.3, -0.25) is 4.79 Å². The van der Waals surface area contributed by atoms with Crippen molar-refractivity contribution >= 4 is 31.7 Å². The van der Waals surface area contributed by atoms with E-state index in [2.05, 4.69) is 15.9 Å². The van der Waals surface area contributed by atoms with Crippen molar-refractivity contribution < 1.29 is 18.3 Å². The van der Waals surface area contributed by atoms with Crippen molar-refractivity contribution in [2.75, 3.05) is 11.5 Å². The molecule has 1 unspecified atom stereocenters.